The summed E-state index contributed by atoms with van der Waals surface area (Å²) in [6, 6.07) is -0.0561. The predicted molar refractivity (Wildman–Crippen MR) is 90.0 cm³/mol. The maximum absolute atomic E-state index is 11.6. The number of thioether (sulfide) groups is 1. The van der Waals surface area contributed by atoms with Gasteiger partial charge in [-0.25, -0.2) is 4.79 Å². The van der Waals surface area contributed by atoms with Crippen LogP contribution in [0.4, 0.5) is 4.79 Å². The van der Waals surface area contributed by atoms with E-state index in [4.69, 9.17) is 0 Å². The molecule has 2 rings (SSSR count). The van der Waals surface area contributed by atoms with E-state index in [0.29, 0.717) is 18.2 Å². The van der Waals surface area contributed by atoms with E-state index in [1.807, 2.05) is 11.8 Å². The average Bonchev–Trinajstić information content (AvgIpc) is 2.78. The van der Waals surface area contributed by atoms with Gasteiger partial charge in [-0.05, 0) is 26.7 Å². The van der Waals surface area contributed by atoms with Gasteiger partial charge in [0.1, 0.15) is 0 Å². The van der Waals surface area contributed by atoms with Crippen molar-refractivity contribution in [3.05, 3.63) is 0 Å². The highest BCUT2D eigenvalue weighted by Crippen LogP contribution is 2.47. The fourth-order valence-corrected chi connectivity index (χ4v) is 5.19. The van der Waals surface area contributed by atoms with E-state index >= 15 is 0 Å². The number of urea groups is 1. The number of carbonyl (C=O) groups is 2. The van der Waals surface area contributed by atoms with Gasteiger partial charge in [0, 0.05) is 29.3 Å². The molecule has 2 fully saturated rings. The maximum Gasteiger partial charge on any atom is 0.315 e. The Morgan fingerprint density at radius 3 is 2.90 bits per heavy atom. The summed E-state index contributed by atoms with van der Waals surface area (Å²) in [4.78, 5) is 23.2. The number of amides is 3. The molecule has 7 heteroatoms. The summed E-state index contributed by atoms with van der Waals surface area (Å²) >= 11 is 5.21. The number of hydrogen-bond donors (Lipinski definition) is 3. The van der Waals surface area contributed by atoms with Crippen LogP contribution < -0.4 is 16.0 Å². The Labute approximate surface area is 138 Å². The van der Waals surface area contributed by atoms with E-state index < -0.39 is 0 Å². The molecule has 5 nitrogen and oxygen atoms in total. The molecule has 0 saturated carbocycles. The highest BCUT2D eigenvalue weighted by molar-refractivity contribution is 9.09. The van der Waals surface area contributed by atoms with Crippen LogP contribution in [0.15, 0.2) is 0 Å². The number of halogens is 1. The summed E-state index contributed by atoms with van der Waals surface area (Å²) < 4.78 is 0. The summed E-state index contributed by atoms with van der Waals surface area (Å²) in [5.74, 6) is 1.07. The van der Waals surface area contributed by atoms with Crippen molar-refractivity contribution in [2.45, 2.75) is 55.9 Å². The monoisotopic (exact) mass is 377 g/mol. The molecular weight excluding hydrogens is 354 g/mol. The lowest BCUT2D eigenvalue weighted by atomic mass is 9.79. The number of nitrogens with one attached hydrogen (secondary N) is 3. The second kappa shape index (κ2) is 6.77. The average molecular weight is 378 g/mol. The zero-order chi connectivity index (χ0) is 15.5. The van der Waals surface area contributed by atoms with Crippen molar-refractivity contribution in [3.8, 4) is 0 Å². The molecule has 0 aromatic heterocycles. The summed E-state index contributed by atoms with van der Waals surface area (Å²) in [5.41, 5.74) is -0.348. The lowest BCUT2D eigenvalue weighted by Crippen LogP contribution is -2.58. The molecule has 3 atom stereocenters. The number of hydrogen-bond acceptors (Lipinski definition) is 3. The Bertz CT molecular complexity index is 423. The Hall–Kier alpha value is -0.430. The third-order valence-corrected chi connectivity index (χ3v) is 6.91. The van der Waals surface area contributed by atoms with Crippen molar-refractivity contribution in [1.29, 1.82) is 0 Å². The molecule has 2 heterocycles. The highest BCUT2D eigenvalue weighted by atomic mass is 79.9. The molecule has 2 aliphatic rings. The smallest absolute Gasteiger partial charge is 0.315 e. The van der Waals surface area contributed by atoms with E-state index in [2.05, 4.69) is 45.7 Å². The number of fused-ring (bicyclic) bond motifs is 1. The molecule has 3 N–H and O–H groups in total. The van der Waals surface area contributed by atoms with Gasteiger partial charge < -0.3 is 16.0 Å². The molecule has 0 spiro atoms. The van der Waals surface area contributed by atoms with E-state index in [1.54, 1.807) is 0 Å². The van der Waals surface area contributed by atoms with Crippen LogP contribution >= 0.6 is 27.7 Å². The van der Waals surface area contributed by atoms with Crippen LogP contribution in [0.3, 0.4) is 0 Å². The lowest BCUT2D eigenvalue weighted by Gasteiger charge is -2.35. The summed E-state index contributed by atoms with van der Waals surface area (Å²) in [6.45, 7) is 4.94. The minimum Gasteiger partial charge on any atom is -0.355 e. The maximum atomic E-state index is 11.6. The topological polar surface area (TPSA) is 70.2 Å². The molecule has 2 aliphatic heterocycles. The quantitative estimate of drug-likeness (QED) is 0.361. The van der Waals surface area contributed by atoms with Gasteiger partial charge in [-0.1, -0.05) is 22.4 Å². The van der Waals surface area contributed by atoms with Crippen LogP contribution in [0, 0.1) is 0 Å². The van der Waals surface area contributed by atoms with Crippen LogP contribution in [0.1, 0.15) is 39.5 Å². The van der Waals surface area contributed by atoms with Gasteiger partial charge >= 0.3 is 6.03 Å². The molecule has 2 saturated heterocycles. The van der Waals surface area contributed by atoms with Crippen molar-refractivity contribution in [1.82, 2.24) is 16.0 Å². The third kappa shape index (κ3) is 3.50. The molecule has 120 valence electrons. The first-order chi connectivity index (χ1) is 9.91. The molecule has 0 bridgehead atoms. The van der Waals surface area contributed by atoms with Crippen molar-refractivity contribution >= 4 is 39.6 Å². The van der Waals surface area contributed by atoms with Gasteiger partial charge in [0.15, 0.2) is 0 Å². The van der Waals surface area contributed by atoms with Crippen LogP contribution in [-0.2, 0) is 4.79 Å². The standard InChI is InChI=1S/C14H24BrN3O2S/c1-13-9-21-10(14(13,2)18-12(20)17-13)5-3-4-6-11(19)16-8-7-15/h10H,3-9H2,1-2H3,(H,16,19)(H2,17,18,20)/t10-,13-,14+/m0/s1. The predicted octanol–water partition coefficient (Wildman–Crippen LogP) is 2.00. The van der Waals surface area contributed by atoms with Gasteiger partial charge in [-0.15, -0.1) is 0 Å². The molecule has 0 aromatic carbocycles. The largest absolute Gasteiger partial charge is 0.355 e. The van der Waals surface area contributed by atoms with E-state index in [0.717, 1.165) is 30.3 Å². The van der Waals surface area contributed by atoms with Crippen molar-refractivity contribution in [2.75, 3.05) is 17.6 Å². The van der Waals surface area contributed by atoms with E-state index in [9.17, 15) is 9.59 Å². The summed E-state index contributed by atoms with van der Waals surface area (Å²) in [5, 5.41) is 10.2. The van der Waals surface area contributed by atoms with Crippen LogP contribution in [0.5, 0.6) is 0 Å². The van der Waals surface area contributed by atoms with Gasteiger partial charge in [0.05, 0.1) is 11.1 Å². The van der Waals surface area contributed by atoms with Crippen molar-refractivity contribution in [2.24, 2.45) is 0 Å². The number of rotatable bonds is 7. The molecule has 3 amide bonds. The number of unbranched alkanes of at least 4 members (excludes halogenated alkanes) is 1. The van der Waals surface area contributed by atoms with Crippen LogP contribution in [0.2, 0.25) is 0 Å². The highest BCUT2D eigenvalue weighted by Gasteiger charge is 2.60. The van der Waals surface area contributed by atoms with Crippen molar-refractivity contribution in [3.63, 3.8) is 0 Å². The van der Waals surface area contributed by atoms with Gasteiger partial charge in [-0.2, -0.15) is 11.8 Å². The van der Waals surface area contributed by atoms with E-state index in [1.165, 1.54) is 0 Å². The minimum atomic E-state index is -0.188. The fourth-order valence-electron chi connectivity index (χ4n) is 3.10. The first-order valence-corrected chi connectivity index (χ1v) is 9.63. The van der Waals surface area contributed by atoms with E-state index in [-0.39, 0.29) is 23.0 Å². The normalized spacial score (nSPS) is 34.2. The first-order valence-electron chi connectivity index (χ1n) is 7.46. The Kier molecular flexibility index (Phi) is 5.46. The first kappa shape index (κ1) is 16.9. The van der Waals surface area contributed by atoms with Gasteiger partial charge in [0.25, 0.3) is 0 Å². The molecule has 21 heavy (non-hydrogen) atoms. The van der Waals surface area contributed by atoms with Crippen LogP contribution in [-0.4, -0.2) is 45.9 Å². The molecule has 0 aliphatic carbocycles. The Morgan fingerprint density at radius 2 is 2.19 bits per heavy atom. The lowest BCUT2D eigenvalue weighted by molar-refractivity contribution is -0.121. The summed E-state index contributed by atoms with van der Waals surface area (Å²) in [6.07, 6.45) is 3.54. The zero-order valence-corrected chi connectivity index (χ0v) is 15.0. The fraction of sp³-hybridized carbons (Fsp3) is 0.857. The SMILES string of the molecule is C[C@]12CS[C@@H](CCCCC(=O)NCCBr)[C@@]1(C)NC(=O)N2. The van der Waals surface area contributed by atoms with Crippen LogP contribution in [0.25, 0.3) is 0 Å². The molecule has 0 radical (unpaired) electrons. The molecule has 0 aromatic rings. The summed E-state index contributed by atoms with van der Waals surface area (Å²) in [7, 11) is 0. The number of carbonyl (C=O) groups excluding carboxylic acids is 2. The molecule has 0 unspecified atom stereocenters. The number of alkyl halides is 1. The third-order valence-electron chi connectivity index (χ3n) is 4.66. The minimum absolute atomic E-state index is 0.0561. The Morgan fingerprint density at radius 1 is 1.43 bits per heavy atom. The zero-order valence-electron chi connectivity index (χ0n) is 12.6. The van der Waals surface area contributed by atoms with Crippen molar-refractivity contribution < 1.29 is 9.59 Å². The second-order valence-corrected chi connectivity index (χ2v) is 8.18. The van der Waals surface area contributed by atoms with Gasteiger partial charge in [0.2, 0.25) is 5.91 Å². The Balaban J connectivity index is 1.75. The second-order valence-electron chi connectivity index (χ2n) is 6.20. The van der Waals surface area contributed by atoms with Gasteiger partial charge in [-0.3, -0.25) is 4.79 Å². The molecular formula is C14H24BrN3O2S.